The molecule has 306 valence electrons. The number of carboxylic acid groups (broad SMARTS) is 6. The van der Waals surface area contributed by atoms with Crippen LogP contribution >= 0.6 is 0 Å². The average molecular weight is 822 g/mol. The molecule has 0 saturated carbocycles. The maximum absolute atomic E-state index is 11.9. The first-order valence-electron chi connectivity index (χ1n) is 18.5. The van der Waals surface area contributed by atoms with E-state index in [0.29, 0.717) is 33.4 Å². The molecule has 3 heterocycles. The summed E-state index contributed by atoms with van der Waals surface area (Å²) < 4.78 is 0. The minimum atomic E-state index is -1.39. The van der Waals surface area contributed by atoms with E-state index in [4.69, 9.17) is 0 Å². The minimum absolute atomic E-state index is 0.324. The van der Waals surface area contributed by atoms with Gasteiger partial charge in [0.25, 0.3) is 0 Å². The van der Waals surface area contributed by atoms with Gasteiger partial charge in [0, 0.05) is 0 Å². The third-order valence-corrected chi connectivity index (χ3v) is 10.4. The van der Waals surface area contributed by atoms with Crippen LogP contribution in [0.5, 0.6) is 0 Å². The lowest BCUT2D eigenvalue weighted by molar-refractivity contribution is 0.0664. The predicted octanol–water partition coefficient (Wildman–Crippen LogP) is 5.43. The molecular weight excluding hydrogens is 785 g/mol. The number of aromatic carboxylic acids is 6. The van der Waals surface area contributed by atoms with Gasteiger partial charge in [0.05, 0.1) is 0 Å². The van der Waals surface area contributed by atoms with Crippen LogP contribution in [0.25, 0.3) is 33.4 Å². The van der Waals surface area contributed by atoms with Crippen LogP contribution in [0.2, 0.25) is 0 Å². The number of carboxylic acids is 6. The van der Waals surface area contributed by atoms with Crippen LogP contribution < -0.4 is 16.4 Å². The number of nitrogens with zero attached hydrogens (tertiary/aromatic N) is 3. The van der Waals surface area contributed by atoms with E-state index in [-0.39, 0.29) is 0 Å². The number of aryl methyl sites for hydroxylation is 6. The quantitative estimate of drug-likeness (QED) is 0.0841. The molecule has 16 heteroatoms. The minimum Gasteiger partial charge on any atom is -0.477 e. The first-order chi connectivity index (χ1) is 28.6. The second-order valence-corrected chi connectivity index (χ2v) is 14.7. The van der Waals surface area contributed by atoms with E-state index in [0.717, 1.165) is 49.8 Å². The van der Waals surface area contributed by atoms with Gasteiger partial charge in [-0.3, -0.25) is 0 Å². The Bertz CT molecular complexity index is 2450. The van der Waals surface area contributed by atoms with Crippen LogP contribution in [0.15, 0.2) is 72.8 Å². The normalized spacial score (nSPS) is 10.9. The lowest BCUT2D eigenvalue weighted by Gasteiger charge is -2.28. The third-order valence-electron chi connectivity index (χ3n) is 10.4. The number of benzene rings is 3. The molecule has 0 aliphatic carbocycles. The Balaban J connectivity index is 1.62. The number of carbonyl (C=O) groups is 6. The Hall–Kier alpha value is -8.01. The summed E-state index contributed by atoms with van der Waals surface area (Å²) in [7, 11) is 0. The number of pyridine rings is 3. The van der Waals surface area contributed by atoms with Gasteiger partial charge in [0.15, 0.2) is 0 Å². The summed E-state index contributed by atoms with van der Waals surface area (Å²) in [5, 5.41) is 58.3. The van der Waals surface area contributed by atoms with Gasteiger partial charge in [-0.2, -0.15) is 0 Å². The van der Waals surface area contributed by atoms with Crippen molar-refractivity contribution in [3.05, 3.63) is 140 Å². The molecule has 0 aliphatic heterocycles. The van der Waals surface area contributed by atoms with Crippen molar-refractivity contribution in [1.29, 1.82) is 0 Å². The van der Waals surface area contributed by atoms with Gasteiger partial charge in [-0.15, -0.1) is 0 Å². The molecule has 0 bridgehead atoms. The monoisotopic (exact) mass is 821 g/mol. The van der Waals surface area contributed by atoms with Gasteiger partial charge in [-0.25, -0.2) is 43.7 Å². The van der Waals surface area contributed by atoms with Gasteiger partial charge < -0.3 is 30.6 Å². The maximum atomic E-state index is 11.9. The number of hydrogen-bond acceptors (Lipinski definition) is 9. The van der Waals surface area contributed by atoms with Gasteiger partial charge >= 0.3 is 35.8 Å². The van der Waals surface area contributed by atoms with Crippen molar-refractivity contribution in [2.45, 2.75) is 41.5 Å². The highest BCUT2D eigenvalue weighted by Gasteiger charge is 2.32. The second-order valence-electron chi connectivity index (χ2n) is 14.7. The molecule has 0 fully saturated rings. The summed E-state index contributed by atoms with van der Waals surface area (Å²) in [4.78, 5) is 82.8. The van der Waals surface area contributed by atoms with E-state index < -0.39 is 76.7 Å². The molecule has 0 spiro atoms. The van der Waals surface area contributed by atoms with Gasteiger partial charge in [0.1, 0.15) is 34.2 Å². The highest BCUT2D eigenvalue weighted by molar-refractivity contribution is 6.97. The molecule has 0 amide bonds. The van der Waals surface area contributed by atoms with Crippen molar-refractivity contribution in [3.8, 4) is 33.4 Å². The molecule has 0 aliphatic rings. The molecule has 15 nitrogen and oxygen atoms in total. The van der Waals surface area contributed by atoms with E-state index >= 15 is 0 Å². The van der Waals surface area contributed by atoms with Crippen molar-refractivity contribution in [2.24, 2.45) is 0 Å². The summed E-state index contributed by atoms with van der Waals surface area (Å²) >= 11 is 0. The number of rotatable bonds is 12. The average Bonchev–Trinajstić information content (AvgIpc) is 3.19. The molecule has 6 aromatic rings. The van der Waals surface area contributed by atoms with E-state index in [1.54, 1.807) is 0 Å². The zero-order valence-electron chi connectivity index (χ0n) is 33.5. The second kappa shape index (κ2) is 16.3. The predicted molar refractivity (Wildman–Crippen MR) is 224 cm³/mol. The summed E-state index contributed by atoms with van der Waals surface area (Å²) in [6, 6.07) is 18.8. The smallest absolute Gasteiger partial charge is 0.354 e. The Kier molecular flexibility index (Phi) is 11.4. The van der Waals surface area contributed by atoms with Gasteiger partial charge in [-0.05, 0) is 111 Å². The fourth-order valence-corrected chi connectivity index (χ4v) is 7.97. The van der Waals surface area contributed by atoms with Gasteiger partial charge in [-0.1, -0.05) is 86.2 Å². The topological polar surface area (TPSA) is 262 Å². The lowest BCUT2D eigenvalue weighted by atomic mass is 9.33. The van der Waals surface area contributed by atoms with E-state index in [1.165, 1.54) is 36.4 Å². The molecule has 0 atom stereocenters. The zero-order chi connectivity index (χ0) is 44.8. The van der Waals surface area contributed by atoms with Crippen molar-refractivity contribution < 1.29 is 59.4 Å². The van der Waals surface area contributed by atoms with Gasteiger partial charge in [0.2, 0.25) is 6.71 Å². The molecule has 6 N–H and O–H groups in total. The first kappa shape index (κ1) is 42.6. The highest BCUT2D eigenvalue weighted by Crippen LogP contribution is 2.29. The van der Waals surface area contributed by atoms with Crippen LogP contribution in [0.4, 0.5) is 0 Å². The Morgan fingerprint density at radius 2 is 0.459 bits per heavy atom. The van der Waals surface area contributed by atoms with Crippen molar-refractivity contribution in [3.63, 3.8) is 0 Å². The summed E-state index contributed by atoms with van der Waals surface area (Å²) in [5.41, 5.74) is 7.06. The fourth-order valence-electron chi connectivity index (χ4n) is 7.97. The fraction of sp³-hybridized carbons (Fsp3) is 0.133. The van der Waals surface area contributed by atoms with Crippen LogP contribution in [0.3, 0.4) is 0 Å². The SMILES string of the molecule is Cc1cc(-c2cc(C(=O)O)nc(C(=O)O)c2)cc(C)c1B(c1c(C)cc(-c2cc(C(=O)O)nc(C(=O)O)c2)cc1C)c1c(C)cc(-c2cc(C(=O)O)nc(C(=O)O)c2)cc1C. The molecule has 0 saturated heterocycles. The van der Waals surface area contributed by atoms with E-state index in [1.807, 2.05) is 77.9 Å². The summed E-state index contributed by atoms with van der Waals surface area (Å²) in [6.07, 6.45) is 0. The molecule has 3 aromatic heterocycles. The molecule has 61 heavy (non-hydrogen) atoms. The third kappa shape index (κ3) is 8.45. The first-order valence-corrected chi connectivity index (χ1v) is 18.5. The van der Waals surface area contributed by atoms with Crippen molar-refractivity contribution in [1.82, 2.24) is 15.0 Å². The Morgan fingerprint density at radius 1 is 0.311 bits per heavy atom. The van der Waals surface area contributed by atoms with Crippen LogP contribution in [-0.4, -0.2) is 88.1 Å². The maximum Gasteiger partial charge on any atom is 0.354 e. The van der Waals surface area contributed by atoms with Crippen LogP contribution in [0, 0.1) is 41.5 Å². The Labute approximate surface area is 347 Å². The van der Waals surface area contributed by atoms with E-state index in [2.05, 4.69) is 15.0 Å². The largest absolute Gasteiger partial charge is 0.477 e. The molecule has 0 unspecified atom stereocenters. The van der Waals surface area contributed by atoms with Crippen LogP contribution in [0.1, 0.15) is 96.3 Å². The zero-order valence-corrected chi connectivity index (χ0v) is 33.5. The molecule has 0 radical (unpaired) electrons. The van der Waals surface area contributed by atoms with Crippen molar-refractivity contribution in [2.75, 3.05) is 0 Å². The molecular formula is C45H36BN3O12. The van der Waals surface area contributed by atoms with E-state index in [9.17, 15) is 59.4 Å². The molecule has 6 rings (SSSR count). The Morgan fingerprint density at radius 3 is 0.607 bits per heavy atom. The molecule has 3 aromatic carbocycles. The highest BCUT2D eigenvalue weighted by atomic mass is 16.4. The number of hydrogen-bond donors (Lipinski definition) is 6. The van der Waals surface area contributed by atoms with Crippen molar-refractivity contribution >= 4 is 58.9 Å². The summed E-state index contributed by atoms with van der Waals surface area (Å²) in [5.74, 6) is -8.37. The number of aromatic nitrogens is 3. The van der Waals surface area contributed by atoms with Crippen LogP contribution in [-0.2, 0) is 0 Å². The standard InChI is InChI=1S/C45H36BN3O12/c1-19-7-25(28-13-31(40(50)51)47-32(14-28)41(52)53)8-20(2)37(19)46(38-21(3)9-26(10-22(38)4)29-15-33(42(54)55)48-34(16-29)43(56)57)39-23(5)11-27(12-24(39)6)30-17-35(44(58)59)49-36(18-30)45(60)61/h7-18H,1-6H3,(H,50,51)(H,52,53)(H,54,55)(H,56,57)(H,58,59)(H,60,61). The lowest BCUT2D eigenvalue weighted by Crippen LogP contribution is -2.57. The summed E-state index contributed by atoms with van der Waals surface area (Å²) in [6.45, 7) is 10.7.